The number of benzene rings is 2. The summed E-state index contributed by atoms with van der Waals surface area (Å²) in [6.07, 6.45) is 0. The van der Waals surface area contributed by atoms with Gasteiger partial charge in [-0.3, -0.25) is 9.59 Å². The van der Waals surface area contributed by atoms with Crippen molar-refractivity contribution in [1.82, 2.24) is 0 Å². The van der Waals surface area contributed by atoms with Crippen LogP contribution in [0.1, 0.15) is 0 Å². The fraction of sp³-hybridized carbons (Fsp3) is 0.222. The molecule has 27 heavy (non-hydrogen) atoms. The first kappa shape index (κ1) is 19.3. The van der Waals surface area contributed by atoms with E-state index in [9.17, 15) is 9.59 Å². The first-order chi connectivity index (χ1) is 12.9. The van der Waals surface area contributed by atoms with Gasteiger partial charge in [-0.05, 0) is 24.3 Å². The van der Waals surface area contributed by atoms with Crippen molar-refractivity contribution in [3.63, 3.8) is 0 Å². The number of hydrogen-bond acceptors (Lipinski definition) is 4. The van der Waals surface area contributed by atoms with Gasteiger partial charge >= 0.3 is 0 Å². The molecule has 2 aromatic rings. The summed E-state index contributed by atoms with van der Waals surface area (Å²) in [7, 11) is 1.74. The van der Waals surface area contributed by atoms with Crippen molar-refractivity contribution in [3.05, 3.63) is 46.4 Å². The normalized spacial score (nSPS) is 13.1. The van der Waals surface area contributed by atoms with Gasteiger partial charge in [0.2, 0.25) is 6.79 Å². The SMILES string of the molecule is C[NH+](CC(=O)Nc1ccc2c(c1)OCO2)CC(=O)Nc1c(Cl)cccc1Cl. The molecule has 0 fully saturated rings. The van der Waals surface area contributed by atoms with Gasteiger partial charge in [-0.15, -0.1) is 0 Å². The Morgan fingerprint density at radius 1 is 1.00 bits per heavy atom. The summed E-state index contributed by atoms with van der Waals surface area (Å²) in [5.41, 5.74) is 0.966. The van der Waals surface area contributed by atoms with Crippen molar-refractivity contribution in [2.24, 2.45) is 0 Å². The van der Waals surface area contributed by atoms with Gasteiger partial charge in [0.1, 0.15) is 0 Å². The van der Waals surface area contributed by atoms with Gasteiger partial charge in [-0.25, -0.2) is 0 Å². The first-order valence-electron chi connectivity index (χ1n) is 8.17. The third kappa shape index (κ3) is 5.03. The average Bonchev–Trinajstić information content (AvgIpc) is 3.05. The van der Waals surface area contributed by atoms with E-state index in [0.717, 1.165) is 0 Å². The number of rotatable bonds is 6. The fourth-order valence-electron chi connectivity index (χ4n) is 2.59. The van der Waals surface area contributed by atoms with Crippen molar-refractivity contribution >= 4 is 46.4 Å². The van der Waals surface area contributed by atoms with Gasteiger partial charge in [0, 0.05) is 11.8 Å². The smallest absolute Gasteiger partial charge is 0.279 e. The van der Waals surface area contributed by atoms with Crippen molar-refractivity contribution in [2.75, 3.05) is 37.6 Å². The van der Waals surface area contributed by atoms with Gasteiger partial charge in [0.15, 0.2) is 24.6 Å². The maximum absolute atomic E-state index is 12.2. The molecule has 3 rings (SSSR count). The number of halogens is 2. The predicted octanol–water partition coefficient (Wildman–Crippen LogP) is 1.81. The van der Waals surface area contributed by atoms with Crippen LogP contribution in [-0.4, -0.2) is 38.7 Å². The van der Waals surface area contributed by atoms with Gasteiger partial charge in [0.05, 0.1) is 22.8 Å². The largest absolute Gasteiger partial charge is 0.454 e. The zero-order chi connectivity index (χ0) is 19.4. The lowest BCUT2D eigenvalue weighted by atomic mass is 10.2. The maximum atomic E-state index is 12.2. The Morgan fingerprint density at radius 2 is 1.63 bits per heavy atom. The number of amides is 2. The molecule has 1 aliphatic heterocycles. The highest BCUT2D eigenvalue weighted by molar-refractivity contribution is 6.39. The molecule has 142 valence electrons. The molecule has 0 bridgehead atoms. The Labute approximate surface area is 166 Å². The second kappa shape index (κ2) is 8.47. The average molecular weight is 411 g/mol. The van der Waals surface area contributed by atoms with Crippen LogP contribution in [0.5, 0.6) is 11.5 Å². The third-order valence-electron chi connectivity index (χ3n) is 3.81. The summed E-state index contributed by atoms with van der Waals surface area (Å²) < 4.78 is 10.5. The van der Waals surface area contributed by atoms with Crippen LogP contribution in [-0.2, 0) is 9.59 Å². The van der Waals surface area contributed by atoms with Crippen LogP contribution in [0.25, 0.3) is 0 Å². The molecular weight excluding hydrogens is 393 g/mol. The molecule has 0 aromatic heterocycles. The molecule has 0 saturated carbocycles. The summed E-state index contributed by atoms with van der Waals surface area (Å²) in [4.78, 5) is 25.1. The molecule has 2 aromatic carbocycles. The maximum Gasteiger partial charge on any atom is 0.279 e. The lowest BCUT2D eigenvalue weighted by molar-refractivity contribution is -0.862. The van der Waals surface area contributed by atoms with E-state index in [-0.39, 0.29) is 31.7 Å². The van der Waals surface area contributed by atoms with Gasteiger partial charge in [-0.1, -0.05) is 29.3 Å². The number of likely N-dealkylation sites (N-methyl/N-ethyl adjacent to an activating group) is 1. The standard InChI is InChI=1S/C18H17Cl2N3O4/c1-23(9-17(25)22-18-12(19)3-2-4-13(18)20)8-16(24)21-11-5-6-14-15(7-11)27-10-26-14/h2-7H,8-10H2,1H3,(H,21,24)(H,22,25)/p+1. The number of anilines is 2. The van der Waals surface area contributed by atoms with Crippen LogP contribution >= 0.6 is 23.2 Å². The molecule has 0 radical (unpaired) electrons. The van der Waals surface area contributed by atoms with E-state index in [2.05, 4.69) is 10.6 Å². The number of fused-ring (bicyclic) bond motifs is 1. The molecule has 9 heteroatoms. The van der Waals surface area contributed by atoms with E-state index in [0.29, 0.717) is 37.8 Å². The minimum absolute atomic E-state index is 0.0795. The first-order valence-corrected chi connectivity index (χ1v) is 8.92. The molecule has 0 saturated heterocycles. The van der Waals surface area contributed by atoms with Crippen LogP contribution in [0.2, 0.25) is 10.0 Å². The summed E-state index contributed by atoms with van der Waals surface area (Å²) >= 11 is 12.1. The zero-order valence-corrected chi connectivity index (χ0v) is 16.0. The van der Waals surface area contributed by atoms with Crippen LogP contribution in [0, 0.1) is 0 Å². The molecule has 1 atom stereocenters. The number of quaternary nitrogens is 1. The Morgan fingerprint density at radius 3 is 2.33 bits per heavy atom. The van der Waals surface area contributed by atoms with E-state index in [4.69, 9.17) is 32.7 Å². The van der Waals surface area contributed by atoms with E-state index in [1.807, 2.05) is 0 Å². The van der Waals surface area contributed by atoms with Gasteiger partial charge < -0.3 is 25.0 Å². The van der Waals surface area contributed by atoms with Crippen LogP contribution in [0.15, 0.2) is 36.4 Å². The number of hydrogen-bond donors (Lipinski definition) is 3. The second-order valence-corrected chi connectivity index (χ2v) is 6.89. The summed E-state index contributed by atoms with van der Waals surface area (Å²) in [6.45, 7) is 0.360. The van der Waals surface area contributed by atoms with Crippen LogP contribution < -0.4 is 25.0 Å². The molecule has 3 N–H and O–H groups in total. The van der Waals surface area contributed by atoms with E-state index >= 15 is 0 Å². The summed E-state index contributed by atoms with van der Waals surface area (Å²) in [6, 6.07) is 10.1. The molecule has 1 unspecified atom stereocenters. The number of ether oxygens (including phenoxy) is 2. The molecule has 1 aliphatic rings. The van der Waals surface area contributed by atoms with Crippen molar-refractivity contribution in [3.8, 4) is 11.5 Å². The molecule has 0 aliphatic carbocycles. The van der Waals surface area contributed by atoms with Crippen molar-refractivity contribution < 1.29 is 24.0 Å². The van der Waals surface area contributed by atoms with Crippen LogP contribution in [0.3, 0.4) is 0 Å². The molecule has 0 spiro atoms. The lowest BCUT2D eigenvalue weighted by Gasteiger charge is -2.15. The van der Waals surface area contributed by atoms with Crippen LogP contribution in [0.4, 0.5) is 11.4 Å². The highest BCUT2D eigenvalue weighted by Gasteiger charge is 2.18. The number of carbonyl (C=O) groups excluding carboxylic acids is 2. The lowest BCUT2D eigenvalue weighted by Crippen LogP contribution is -3.11. The molecule has 1 heterocycles. The Kier molecular flexibility index (Phi) is 6.05. The minimum atomic E-state index is -0.293. The third-order valence-corrected chi connectivity index (χ3v) is 4.44. The van der Waals surface area contributed by atoms with Crippen molar-refractivity contribution in [1.29, 1.82) is 0 Å². The predicted molar refractivity (Wildman–Crippen MR) is 103 cm³/mol. The van der Waals surface area contributed by atoms with Gasteiger partial charge in [-0.2, -0.15) is 0 Å². The number of carbonyl (C=O) groups is 2. The highest BCUT2D eigenvalue weighted by atomic mass is 35.5. The fourth-order valence-corrected chi connectivity index (χ4v) is 3.08. The number of para-hydroxylation sites is 1. The Hall–Kier alpha value is -2.48. The van der Waals surface area contributed by atoms with E-state index < -0.39 is 0 Å². The quantitative estimate of drug-likeness (QED) is 0.678. The molecular formula is C18H18Cl2N3O4+. The Balaban J connectivity index is 1.50. The van der Waals surface area contributed by atoms with E-state index in [1.54, 1.807) is 43.4 Å². The monoisotopic (exact) mass is 410 g/mol. The van der Waals surface area contributed by atoms with Gasteiger partial charge in [0.25, 0.3) is 11.8 Å². The number of nitrogens with one attached hydrogen (secondary N) is 3. The molecule has 7 nitrogen and oxygen atoms in total. The second-order valence-electron chi connectivity index (χ2n) is 6.07. The minimum Gasteiger partial charge on any atom is -0.454 e. The van der Waals surface area contributed by atoms with Crippen molar-refractivity contribution in [2.45, 2.75) is 0 Å². The molecule has 2 amide bonds. The topological polar surface area (TPSA) is 81.1 Å². The summed E-state index contributed by atoms with van der Waals surface area (Å²) in [5.74, 6) is 0.712. The van der Waals surface area contributed by atoms with E-state index in [1.165, 1.54) is 0 Å². The zero-order valence-electron chi connectivity index (χ0n) is 14.5. The highest BCUT2D eigenvalue weighted by Crippen LogP contribution is 2.34. The summed E-state index contributed by atoms with van der Waals surface area (Å²) in [5, 5.41) is 6.16. The Bertz CT molecular complexity index is 855.